The molecule has 144 valence electrons. The molecular weight excluding hydrogens is 428 g/mol. The Morgan fingerprint density at radius 1 is 1.19 bits per heavy atom. The molecule has 2 aromatic rings. The van der Waals surface area contributed by atoms with Crippen molar-refractivity contribution in [3.63, 3.8) is 0 Å². The molecule has 0 spiro atoms. The molecule has 0 aromatic heterocycles. The average molecular weight is 451 g/mol. The van der Waals surface area contributed by atoms with E-state index in [-0.39, 0.29) is 11.0 Å². The first-order chi connectivity index (χ1) is 13.0. The molecule has 0 radical (unpaired) electrons. The Morgan fingerprint density at radius 3 is 2.56 bits per heavy atom. The lowest BCUT2D eigenvalue weighted by Gasteiger charge is -2.12. The molecule has 0 aliphatic carbocycles. The van der Waals surface area contributed by atoms with Gasteiger partial charge in [-0.2, -0.15) is 0 Å². The van der Waals surface area contributed by atoms with Gasteiger partial charge in [-0.25, -0.2) is 0 Å². The SMILES string of the molecule is CCCCOc1ccc(C(=O)NC(=S)NCc2ccc(OC)cc2)cc1Br. The van der Waals surface area contributed by atoms with Crippen molar-refractivity contribution in [3.05, 3.63) is 58.1 Å². The van der Waals surface area contributed by atoms with Gasteiger partial charge in [0.1, 0.15) is 11.5 Å². The van der Waals surface area contributed by atoms with Gasteiger partial charge in [-0.15, -0.1) is 0 Å². The summed E-state index contributed by atoms with van der Waals surface area (Å²) in [6, 6.07) is 12.8. The predicted molar refractivity (Wildman–Crippen MR) is 114 cm³/mol. The number of carbonyl (C=O) groups excluding carboxylic acids is 1. The molecule has 0 heterocycles. The predicted octanol–water partition coefficient (Wildman–Crippen LogP) is 4.44. The monoisotopic (exact) mass is 450 g/mol. The van der Waals surface area contributed by atoms with E-state index in [2.05, 4.69) is 33.5 Å². The van der Waals surface area contributed by atoms with Gasteiger partial charge in [0.2, 0.25) is 0 Å². The smallest absolute Gasteiger partial charge is 0.257 e. The molecule has 1 amide bonds. The fourth-order valence-corrected chi connectivity index (χ4v) is 2.89. The van der Waals surface area contributed by atoms with E-state index in [1.54, 1.807) is 25.3 Å². The molecule has 0 saturated carbocycles. The van der Waals surface area contributed by atoms with Crippen LogP contribution >= 0.6 is 28.1 Å². The van der Waals surface area contributed by atoms with Crippen LogP contribution < -0.4 is 20.1 Å². The number of hydrogen-bond donors (Lipinski definition) is 2. The van der Waals surface area contributed by atoms with Crippen molar-refractivity contribution < 1.29 is 14.3 Å². The number of benzene rings is 2. The van der Waals surface area contributed by atoms with Crippen LogP contribution in [0, 0.1) is 0 Å². The van der Waals surface area contributed by atoms with Crippen LogP contribution in [0.5, 0.6) is 11.5 Å². The molecule has 0 atom stereocenters. The van der Waals surface area contributed by atoms with E-state index in [1.807, 2.05) is 24.3 Å². The highest BCUT2D eigenvalue weighted by Crippen LogP contribution is 2.26. The maximum atomic E-state index is 12.4. The van der Waals surface area contributed by atoms with Crippen molar-refractivity contribution in [1.82, 2.24) is 10.6 Å². The fraction of sp³-hybridized carbons (Fsp3) is 0.300. The minimum atomic E-state index is -0.275. The number of nitrogens with one attached hydrogen (secondary N) is 2. The lowest BCUT2D eigenvalue weighted by atomic mass is 10.2. The minimum Gasteiger partial charge on any atom is -0.497 e. The summed E-state index contributed by atoms with van der Waals surface area (Å²) in [6.07, 6.45) is 2.06. The number of hydrogen-bond acceptors (Lipinski definition) is 4. The van der Waals surface area contributed by atoms with E-state index in [9.17, 15) is 4.79 Å². The van der Waals surface area contributed by atoms with Crippen LogP contribution in [-0.4, -0.2) is 24.7 Å². The molecule has 7 heteroatoms. The fourth-order valence-electron chi connectivity index (χ4n) is 2.23. The molecular formula is C20H23BrN2O3S. The number of thiocarbonyl (C=S) groups is 1. The summed E-state index contributed by atoms with van der Waals surface area (Å²) in [5.74, 6) is 1.24. The Bertz CT molecular complexity index is 781. The molecule has 0 aliphatic heterocycles. The summed E-state index contributed by atoms with van der Waals surface area (Å²) in [7, 11) is 1.63. The summed E-state index contributed by atoms with van der Waals surface area (Å²) < 4.78 is 11.5. The first-order valence-electron chi connectivity index (χ1n) is 8.68. The van der Waals surface area contributed by atoms with E-state index in [0.29, 0.717) is 18.7 Å². The number of carbonyl (C=O) groups is 1. The van der Waals surface area contributed by atoms with Crippen LogP contribution in [0.3, 0.4) is 0 Å². The molecule has 27 heavy (non-hydrogen) atoms. The highest BCUT2D eigenvalue weighted by atomic mass is 79.9. The molecule has 0 unspecified atom stereocenters. The van der Waals surface area contributed by atoms with E-state index < -0.39 is 0 Å². The van der Waals surface area contributed by atoms with Gasteiger partial charge in [-0.3, -0.25) is 10.1 Å². The number of ether oxygens (including phenoxy) is 2. The van der Waals surface area contributed by atoms with Crippen molar-refractivity contribution >= 4 is 39.2 Å². The Hall–Kier alpha value is -2.12. The molecule has 5 nitrogen and oxygen atoms in total. The van der Waals surface area contributed by atoms with Gasteiger partial charge >= 0.3 is 0 Å². The zero-order valence-corrected chi connectivity index (χ0v) is 17.8. The standard InChI is InChI=1S/C20H23BrN2O3S/c1-3-4-11-26-18-10-7-15(12-17(18)21)19(24)23-20(27)22-13-14-5-8-16(25-2)9-6-14/h5-10,12H,3-4,11,13H2,1-2H3,(H2,22,23,24,27). The van der Waals surface area contributed by atoms with Crippen LogP contribution in [0.1, 0.15) is 35.7 Å². The van der Waals surface area contributed by atoms with E-state index in [0.717, 1.165) is 34.4 Å². The van der Waals surface area contributed by atoms with Crippen LogP contribution in [-0.2, 0) is 6.54 Å². The zero-order chi connectivity index (χ0) is 19.6. The molecule has 0 saturated heterocycles. The maximum Gasteiger partial charge on any atom is 0.257 e. The van der Waals surface area contributed by atoms with Gasteiger partial charge in [0, 0.05) is 12.1 Å². The maximum absolute atomic E-state index is 12.4. The Morgan fingerprint density at radius 2 is 1.93 bits per heavy atom. The quantitative estimate of drug-likeness (QED) is 0.459. The van der Waals surface area contributed by atoms with Gasteiger partial charge in [0.25, 0.3) is 5.91 Å². The van der Waals surface area contributed by atoms with Crippen molar-refractivity contribution in [1.29, 1.82) is 0 Å². The Labute approximate surface area is 173 Å². The molecule has 0 fully saturated rings. The molecule has 0 bridgehead atoms. The highest BCUT2D eigenvalue weighted by Gasteiger charge is 2.11. The van der Waals surface area contributed by atoms with Gasteiger partial charge in [0.15, 0.2) is 5.11 Å². The van der Waals surface area contributed by atoms with Crippen LogP contribution in [0.25, 0.3) is 0 Å². The first kappa shape index (κ1) is 21.2. The summed E-state index contributed by atoms with van der Waals surface area (Å²) in [4.78, 5) is 12.4. The zero-order valence-electron chi connectivity index (χ0n) is 15.4. The number of rotatable bonds is 8. The highest BCUT2D eigenvalue weighted by molar-refractivity contribution is 9.10. The van der Waals surface area contributed by atoms with Gasteiger partial charge in [-0.05, 0) is 70.5 Å². The summed E-state index contributed by atoms with van der Waals surface area (Å²) in [5, 5.41) is 5.98. The van der Waals surface area contributed by atoms with Crippen molar-refractivity contribution in [2.75, 3.05) is 13.7 Å². The van der Waals surface area contributed by atoms with Crippen molar-refractivity contribution in [2.45, 2.75) is 26.3 Å². The van der Waals surface area contributed by atoms with Crippen LogP contribution in [0.4, 0.5) is 0 Å². The lowest BCUT2D eigenvalue weighted by molar-refractivity contribution is 0.0976. The Balaban J connectivity index is 1.86. The third-order valence-electron chi connectivity index (χ3n) is 3.79. The van der Waals surface area contributed by atoms with Crippen LogP contribution in [0.2, 0.25) is 0 Å². The molecule has 2 aromatic carbocycles. The van der Waals surface area contributed by atoms with Crippen molar-refractivity contribution in [2.24, 2.45) is 0 Å². The lowest BCUT2D eigenvalue weighted by Crippen LogP contribution is -2.38. The molecule has 2 N–H and O–H groups in total. The van der Waals surface area contributed by atoms with Crippen LogP contribution in [0.15, 0.2) is 46.9 Å². The third-order valence-corrected chi connectivity index (χ3v) is 4.65. The van der Waals surface area contributed by atoms with E-state index in [4.69, 9.17) is 21.7 Å². The first-order valence-corrected chi connectivity index (χ1v) is 9.88. The Kier molecular flexibility index (Phi) is 8.54. The third kappa shape index (κ3) is 6.84. The number of halogens is 1. The normalized spacial score (nSPS) is 10.2. The molecule has 0 aliphatic rings. The summed E-state index contributed by atoms with van der Waals surface area (Å²) in [6.45, 7) is 3.27. The largest absolute Gasteiger partial charge is 0.497 e. The average Bonchev–Trinajstić information content (AvgIpc) is 2.68. The second kappa shape index (κ2) is 10.9. The second-order valence-corrected chi connectivity index (χ2v) is 7.09. The number of amides is 1. The second-order valence-electron chi connectivity index (χ2n) is 5.83. The number of unbranched alkanes of at least 4 members (excludes halogenated alkanes) is 1. The van der Waals surface area contributed by atoms with E-state index >= 15 is 0 Å². The van der Waals surface area contributed by atoms with Gasteiger partial charge in [-0.1, -0.05) is 25.5 Å². The summed E-state index contributed by atoms with van der Waals surface area (Å²) in [5.41, 5.74) is 1.53. The number of methoxy groups -OCH3 is 1. The topological polar surface area (TPSA) is 59.6 Å². The molecule has 2 rings (SSSR count). The summed E-state index contributed by atoms with van der Waals surface area (Å²) >= 11 is 8.65. The van der Waals surface area contributed by atoms with Crippen molar-refractivity contribution in [3.8, 4) is 11.5 Å². The van der Waals surface area contributed by atoms with Gasteiger partial charge in [0.05, 0.1) is 18.2 Å². The van der Waals surface area contributed by atoms with Gasteiger partial charge < -0.3 is 14.8 Å². The van der Waals surface area contributed by atoms with E-state index in [1.165, 1.54) is 0 Å². The minimum absolute atomic E-state index is 0.273.